The van der Waals surface area contributed by atoms with Gasteiger partial charge in [0.1, 0.15) is 0 Å². The Morgan fingerprint density at radius 1 is 1.12 bits per heavy atom. The summed E-state index contributed by atoms with van der Waals surface area (Å²) in [6.07, 6.45) is 1.06. The number of nitrogens with zero attached hydrogens (tertiary/aromatic N) is 1. The third kappa shape index (κ3) is 4.21. The van der Waals surface area contributed by atoms with Crippen molar-refractivity contribution in [2.45, 2.75) is 25.5 Å². The minimum Gasteiger partial charge on any atom is -0.388 e. The van der Waals surface area contributed by atoms with Gasteiger partial charge in [-0.05, 0) is 54.2 Å². The van der Waals surface area contributed by atoms with Gasteiger partial charge in [0, 0.05) is 30.2 Å². The van der Waals surface area contributed by atoms with Crippen molar-refractivity contribution in [2.75, 3.05) is 13.1 Å². The molecule has 25 heavy (non-hydrogen) atoms. The molecule has 1 aliphatic heterocycles. The lowest BCUT2D eigenvalue weighted by molar-refractivity contribution is 0.0462. The number of hydrogen-bond acceptors (Lipinski definition) is 3. The molecule has 1 fully saturated rings. The van der Waals surface area contributed by atoms with E-state index in [0.717, 1.165) is 24.0 Å². The molecule has 0 bridgehead atoms. The van der Waals surface area contributed by atoms with Gasteiger partial charge in [-0.15, -0.1) is 0 Å². The fraction of sp³-hybridized carbons (Fsp3) is 0.350. The molecule has 0 aliphatic carbocycles. The number of piperidine rings is 1. The highest BCUT2D eigenvalue weighted by Crippen LogP contribution is 2.31. The van der Waals surface area contributed by atoms with Gasteiger partial charge in [0.25, 0.3) is 5.91 Å². The standard InChI is InChI=1S/C20H23ClN2O2/c21-18-7-5-15(6-8-18)19(24)16-9-11-23(12-10-16)20(25)17-3-1-14(13-22)2-4-17/h1-8,16,19,24H,9-13,22H2/t19-/m1/s1. The van der Waals surface area contributed by atoms with Gasteiger partial charge in [0.15, 0.2) is 0 Å². The number of hydrogen-bond donors (Lipinski definition) is 2. The molecule has 5 heteroatoms. The summed E-state index contributed by atoms with van der Waals surface area (Å²) >= 11 is 5.90. The second-order valence-electron chi connectivity index (χ2n) is 6.53. The van der Waals surface area contributed by atoms with Crippen LogP contribution in [0.1, 0.15) is 40.4 Å². The van der Waals surface area contributed by atoms with Crippen LogP contribution >= 0.6 is 11.6 Å². The van der Waals surface area contributed by atoms with Gasteiger partial charge >= 0.3 is 0 Å². The van der Waals surface area contributed by atoms with Crippen molar-refractivity contribution >= 4 is 17.5 Å². The minimum absolute atomic E-state index is 0.0444. The van der Waals surface area contributed by atoms with E-state index in [-0.39, 0.29) is 11.8 Å². The van der Waals surface area contributed by atoms with Gasteiger partial charge in [0.05, 0.1) is 6.10 Å². The van der Waals surface area contributed by atoms with Crippen LogP contribution in [0.2, 0.25) is 5.02 Å². The van der Waals surface area contributed by atoms with Crippen LogP contribution in [0.25, 0.3) is 0 Å². The lowest BCUT2D eigenvalue weighted by atomic mass is 9.87. The predicted octanol–water partition coefficient (Wildman–Crippen LogP) is 3.38. The zero-order valence-corrected chi connectivity index (χ0v) is 14.8. The second kappa shape index (κ2) is 8.00. The van der Waals surface area contributed by atoms with Crippen molar-refractivity contribution in [2.24, 2.45) is 11.7 Å². The van der Waals surface area contributed by atoms with E-state index in [0.29, 0.717) is 30.2 Å². The third-order valence-corrected chi connectivity index (χ3v) is 5.17. The van der Waals surface area contributed by atoms with Crippen LogP contribution in [0.5, 0.6) is 0 Å². The summed E-state index contributed by atoms with van der Waals surface area (Å²) in [6.45, 7) is 1.79. The first-order valence-electron chi connectivity index (χ1n) is 8.60. The molecule has 1 amide bonds. The number of carbonyl (C=O) groups is 1. The summed E-state index contributed by atoms with van der Waals surface area (Å²) in [5.41, 5.74) is 8.18. The Kier molecular flexibility index (Phi) is 5.74. The number of amides is 1. The number of halogens is 1. The number of likely N-dealkylation sites (tertiary alicyclic amines) is 1. The molecule has 0 spiro atoms. The van der Waals surface area contributed by atoms with Crippen molar-refractivity contribution in [1.29, 1.82) is 0 Å². The van der Waals surface area contributed by atoms with Crippen molar-refractivity contribution in [1.82, 2.24) is 4.90 Å². The summed E-state index contributed by atoms with van der Waals surface area (Å²) in [5, 5.41) is 11.2. The van der Waals surface area contributed by atoms with Crippen LogP contribution in [0.15, 0.2) is 48.5 Å². The highest BCUT2D eigenvalue weighted by atomic mass is 35.5. The maximum Gasteiger partial charge on any atom is 0.253 e. The van der Waals surface area contributed by atoms with E-state index in [2.05, 4.69) is 0 Å². The van der Waals surface area contributed by atoms with Crippen LogP contribution < -0.4 is 5.73 Å². The van der Waals surface area contributed by atoms with Gasteiger partial charge in [-0.25, -0.2) is 0 Å². The molecule has 0 radical (unpaired) electrons. The van der Waals surface area contributed by atoms with Crippen LogP contribution in [-0.4, -0.2) is 29.0 Å². The highest BCUT2D eigenvalue weighted by Gasteiger charge is 2.28. The van der Waals surface area contributed by atoms with Gasteiger partial charge < -0.3 is 15.7 Å². The molecule has 1 saturated heterocycles. The predicted molar refractivity (Wildman–Crippen MR) is 99.4 cm³/mol. The zero-order valence-electron chi connectivity index (χ0n) is 14.1. The quantitative estimate of drug-likeness (QED) is 0.880. The molecular weight excluding hydrogens is 336 g/mol. The van der Waals surface area contributed by atoms with Crippen LogP contribution in [-0.2, 0) is 6.54 Å². The van der Waals surface area contributed by atoms with E-state index in [9.17, 15) is 9.90 Å². The fourth-order valence-electron chi connectivity index (χ4n) is 3.32. The summed E-state index contributed by atoms with van der Waals surface area (Å²) in [5.74, 6) is 0.202. The third-order valence-electron chi connectivity index (χ3n) is 4.92. The molecule has 2 aromatic rings. The normalized spacial score (nSPS) is 16.7. The number of aliphatic hydroxyl groups is 1. The van der Waals surface area contributed by atoms with Crippen molar-refractivity contribution in [3.8, 4) is 0 Å². The Morgan fingerprint density at radius 3 is 2.28 bits per heavy atom. The van der Waals surface area contributed by atoms with E-state index in [1.165, 1.54) is 0 Å². The fourth-order valence-corrected chi connectivity index (χ4v) is 3.44. The summed E-state index contributed by atoms with van der Waals surface area (Å²) in [6, 6.07) is 14.8. The molecule has 1 aliphatic rings. The van der Waals surface area contributed by atoms with Gasteiger partial charge in [0.2, 0.25) is 0 Å². The SMILES string of the molecule is NCc1ccc(C(=O)N2CCC([C@H](O)c3ccc(Cl)cc3)CC2)cc1. The number of carbonyl (C=O) groups excluding carboxylic acids is 1. The van der Waals surface area contributed by atoms with Crippen LogP contribution in [0, 0.1) is 5.92 Å². The molecule has 3 N–H and O–H groups in total. The van der Waals surface area contributed by atoms with Crippen molar-refractivity contribution < 1.29 is 9.90 Å². The molecular formula is C20H23ClN2O2. The molecule has 0 aromatic heterocycles. The summed E-state index contributed by atoms with van der Waals surface area (Å²) in [4.78, 5) is 14.5. The minimum atomic E-state index is -0.515. The monoisotopic (exact) mass is 358 g/mol. The maximum atomic E-state index is 12.6. The number of nitrogens with two attached hydrogens (primary N) is 1. The molecule has 4 nitrogen and oxygen atoms in total. The average molecular weight is 359 g/mol. The number of benzene rings is 2. The summed E-state index contributed by atoms with van der Waals surface area (Å²) < 4.78 is 0. The van der Waals surface area contributed by atoms with Gasteiger partial charge in [-0.2, -0.15) is 0 Å². The Morgan fingerprint density at radius 2 is 1.72 bits per heavy atom. The van der Waals surface area contributed by atoms with Crippen LogP contribution in [0.4, 0.5) is 0 Å². The zero-order chi connectivity index (χ0) is 17.8. The van der Waals surface area contributed by atoms with E-state index in [4.69, 9.17) is 17.3 Å². The van der Waals surface area contributed by atoms with E-state index in [1.54, 1.807) is 12.1 Å². The Balaban J connectivity index is 1.59. The van der Waals surface area contributed by atoms with Crippen LogP contribution in [0.3, 0.4) is 0 Å². The molecule has 0 unspecified atom stereocenters. The maximum absolute atomic E-state index is 12.6. The molecule has 3 rings (SSSR count). The lowest BCUT2D eigenvalue weighted by Gasteiger charge is -2.34. The Bertz CT molecular complexity index is 707. The lowest BCUT2D eigenvalue weighted by Crippen LogP contribution is -2.39. The number of aliphatic hydroxyl groups excluding tert-OH is 1. The average Bonchev–Trinajstić information content (AvgIpc) is 2.67. The van der Waals surface area contributed by atoms with Gasteiger partial charge in [-0.3, -0.25) is 4.79 Å². The molecule has 0 saturated carbocycles. The first kappa shape index (κ1) is 17.9. The molecule has 2 aromatic carbocycles. The molecule has 1 atom stereocenters. The molecule has 132 valence electrons. The molecule has 1 heterocycles. The smallest absolute Gasteiger partial charge is 0.253 e. The Hall–Kier alpha value is -1.88. The first-order valence-corrected chi connectivity index (χ1v) is 8.98. The van der Waals surface area contributed by atoms with Crippen molar-refractivity contribution in [3.63, 3.8) is 0 Å². The Labute approximate surface area is 153 Å². The van der Waals surface area contributed by atoms with E-state index in [1.807, 2.05) is 41.3 Å². The summed E-state index contributed by atoms with van der Waals surface area (Å²) in [7, 11) is 0. The van der Waals surface area contributed by atoms with E-state index < -0.39 is 6.10 Å². The largest absolute Gasteiger partial charge is 0.388 e. The van der Waals surface area contributed by atoms with Gasteiger partial charge in [-0.1, -0.05) is 35.9 Å². The first-order chi connectivity index (χ1) is 12.1. The second-order valence-corrected chi connectivity index (χ2v) is 6.96. The highest BCUT2D eigenvalue weighted by molar-refractivity contribution is 6.30. The number of rotatable bonds is 4. The van der Waals surface area contributed by atoms with Crippen molar-refractivity contribution in [3.05, 3.63) is 70.2 Å². The van der Waals surface area contributed by atoms with E-state index >= 15 is 0 Å². The topological polar surface area (TPSA) is 66.6 Å².